The smallest absolute Gasteiger partial charge is 0.438 e. The van der Waals surface area contributed by atoms with Gasteiger partial charge in [0.1, 0.15) is 5.75 Å². The Bertz CT molecular complexity index is 898. The Balaban J connectivity index is 1.90. The number of rotatable bonds is 4. The van der Waals surface area contributed by atoms with Crippen molar-refractivity contribution in [1.29, 1.82) is 0 Å². The first-order valence-corrected chi connectivity index (χ1v) is 8.60. The second-order valence-corrected chi connectivity index (χ2v) is 6.71. The van der Waals surface area contributed by atoms with Crippen molar-refractivity contribution in [2.24, 2.45) is 5.10 Å². The lowest BCUT2D eigenvalue weighted by Gasteiger charge is -2.32. The predicted molar refractivity (Wildman–Crippen MR) is 97.2 cm³/mol. The number of carbonyl (C=O) groups is 1. The molecule has 28 heavy (non-hydrogen) atoms. The fraction of sp³-hybridized carbons (Fsp3) is 0.263. The van der Waals surface area contributed by atoms with Gasteiger partial charge < -0.3 is 9.84 Å². The Hall–Kier alpha value is -2.58. The highest BCUT2D eigenvalue weighted by atomic mass is 35.5. The normalized spacial score (nSPS) is 19.5. The number of hydrazone groups is 1. The summed E-state index contributed by atoms with van der Waals surface area (Å²) in [5.41, 5.74) is -2.66. The number of hydrogen-bond donors (Lipinski definition) is 1. The van der Waals surface area contributed by atoms with Crippen LogP contribution >= 0.6 is 11.6 Å². The molecule has 1 amide bonds. The van der Waals surface area contributed by atoms with Crippen LogP contribution in [0.1, 0.15) is 17.5 Å². The minimum Gasteiger partial charge on any atom is -0.497 e. The van der Waals surface area contributed by atoms with Gasteiger partial charge in [0, 0.05) is 5.02 Å². The Morgan fingerprint density at radius 2 is 1.82 bits per heavy atom. The number of hydrogen-bond acceptors (Lipinski definition) is 4. The summed E-state index contributed by atoms with van der Waals surface area (Å²) < 4.78 is 45.8. The molecule has 0 saturated carbocycles. The predicted octanol–water partition coefficient (Wildman–Crippen LogP) is 3.78. The summed E-state index contributed by atoms with van der Waals surface area (Å²) in [6, 6.07) is 12.2. The van der Waals surface area contributed by atoms with Crippen molar-refractivity contribution in [3.05, 3.63) is 64.7 Å². The van der Waals surface area contributed by atoms with Crippen LogP contribution in [0.3, 0.4) is 0 Å². The molecular formula is C19H16ClF3N2O3. The van der Waals surface area contributed by atoms with Crippen LogP contribution in [0.4, 0.5) is 13.2 Å². The van der Waals surface area contributed by atoms with E-state index in [-0.39, 0.29) is 17.1 Å². The molecule has 1 atom stereocenters. The van der Waals surface area contributed by atoms with E-state index in [9.17, 15) is 23.1 Å². The van der Waals surface area contributed by atoms with Crippen LogP contribution in [-0.4, -0.2) is 40.7 Å². The summed E-state index contributed by atoms with van der Waals surface area (Å²) >= 11 is 5.80. The fourth-order valence-corrected chi connectivity index (χ4v) is 2.95. The zero-order valence-electron chi connectivity index (χ0n) is 14.7. The monoisotopic (exact) mass is 412 g/mol. The SMILES string of the molecule is COc1ccc(CC(=O)N2N=C(c3ccc(Cl)cc3)C[C@]2(O)C(F)(F)F)cc1. The summed E-state index contributed by atoms with van der Waals surface area (Å²) in [7, 11) is 1.47. The van der Waals surface area contributed by atoms with Crippen molar-refractivity contribution in [2.45, 2.75) is 24.7 Å². The van der Waals surface area contributed by atoms with Gasteiger partial charge in [-0.3, -0.25) is 4.79 Å². The lowest BCUT2D eigenvalue weighted by molar-refractivity contribution is -0.302. The number of nitrogens with zero attached hydrogens (tertiary/aromatic N) is 2. The Labute approximate surface area is 164 Å². The number of alkyl halides is 3. The van der Waals surface area contributed by atoms with Gasteiger partial charge in [-0.05, 0) is 35.4 Å². The maximum absolute atomic E-state index is 13.6. The lowest BCUT2D eigenvalue weighted by Crippen LogP contribution is -2.57. The molecule has 0 unspecified atom stereocenters. The Kier molecular flexibility index (Phi) is 5.36. The van der Waals surface area contributed by atoms with Crippen LogP contribution in [0.25, 0.3) is 0 Å². The molecule has 9 heteroatoms. The summed E-state index contributed by atoms with van der Waals surface area (Å²) in [5.74, 6) is -0.429. The largest absolute Gasteiger partial charge is 0.497 e. The van der Waals surface area contributed by atoms with Crippen molar-refractivity contribution in [1.82, 2.24) is 5.01 Å². The molecule has 3 rings (SSSR count). The van der Waals surface area contributed by atoms with Crippen molar-refractivity contribution >= 4 is 23.2 Å². The number of halogens is 4. The third-order valence-corrected chi connectivity index (χ3v) is 4.62. The van der Waals surface area contributed by atoms with E-state index in [0.717, 1.165) is 0 Å². The number of carbonyl (C=O) groups excluding carboxylic acids is 1. The minimum absolute atomic E-state index is 0.0560. The molecule has 0 radical (unpaired) electrons. The van der Waals surface area contributed by atoms with Crippen molar-refractivity contribution in [3.8, 4) is 5.75 Å². The summed E-state index contributed by atoms with van der Waals surface area (Å²) in [5, 5.41) is 14.7. The average molecular weight is 413 g/mol. The van der Waals surface area contributed by atoms with Crippen LogP contribution in [0.15, 0.2) is 53.6 Å². The summed E-state index contributed by atoms with van der Waals surface area (Å²) in [6.45, 7) is 0. The number of ether oxygens (including phenoxy) is 1. The lowest BCUT2D eigenvalue weighted by atomic mass is 10.0. The van der Waals surface area contributed by atoms with E-state index in [2.05, 4.69) is 5.10 Å². The topological polar surface area (TPSA) is 62.1 Å². The standard InChI is InChI=1S/C19H16ClF3N2O3/c1-28-15-8-2-12(3-9-15)10-17(26)25-18(27,19(21,22)23)11-16(24-25)13-4-6-14(20)7-5-13/h2-9,27H,10-11H2,1H3/t18-/m0/s1. The average Bonchev–Trinajstić information content (AvgIpc) is 3.02. The van der Waals surface area contributed by atoms with E-state index in [1.165, 1.54) is 31.4 Å². The maximum Gasteiger partial charge on any atom is 0.438 e. The molecule has 0 saturated heterocycles. The molecule has 1 heterocycles. The van der Waals surface area contributed by atoms with E-state index in [1.54, 1.807) is 24.3 Å². The Morgan fingerprint density at radius 1 is 1.21 bits per heavy atom. The molecule has 5 nitrogen and oxygen atoms in total. The molecular weight excluding hydrogens is 397 g/mol. The first-order valence-electron chi connectivity index (χ1n) is 8.22. The molecule has 0 aliphatic carbocycles. The second-order valence-electron chi connectivity index (χ2n) is 6.28. The second kappa shape index (κ2) is 7.44. The van der Waals surface area contributed by atoms with Gasteiger partial charge in [-0.15, -0.1) is 0 Å². The molecule has 2 aromatic carbocycles. The molecule has 0 fully saturated rings. The summed E-state index contributed by atoms with van der Waals surface area (Å²) in [4.78, 5) is 12.6. The zero-order chi connectivity index (χ0) is 20.5. The van der Waals surface area contributed by atoms with Crippen molar-refractivity contribution in [3.63, 3.8) is 0 Å². The molecule has 148 valence electrons. The van der Waals surface area contributed by atoms with E-state index < -0.39 is 24.2 Å². The molecule has 0 spiro atoms. The molecule has 1 aliphatic heterocycles. The first-order chi connectivity index (χ1) is 13.1. The molecule has 0 aromatic heterocycles. The van der Waals surface area contributed by atoms with Crippen LogP contribution in [0.2, 0.25) is 5.02 Å². The van der Waals surface area contributed by atoms with Crippen LogP contribution in [0.5, 0.6) is 5.75 Å². The van der Waals surface area contributed by atoms with Gasteiger partial charge in [0.05, 0.1) is 25.7 Å². The minimum atomic E-state index is -5.08. The number of methoxy groups -OCH3 is 1. The van der Waals surface area contributed by atoms with Gasteiger partial charge >= 0.3 is 6.18 Å². The van der Waals surface area contributed by atoms with Gasteiger partial charge in [-0.2, -0.15) is 23.3 Å². The van der Waals surface area contributed by atoms with Gasteiger partial charge in [0.25, 0.3) is 5.72 Å². The van der Waals surface area contributed by atoms with Gasteiger partial charge in [0.2, 0.25) is 5.91 Å². The van der Waals surface area contributed by atoms with Crippen LogP contribution in [-0.2, 0) is 11.2 Å². The van der Waals surface area contributed by atoms with Gasteiger partial charge in [-0.25, -0.2) is 0 Å². The third-order valence-electron chi connectivity index (χ3n) is 4.37. The molecule has 2 aromatic rings. The fourth-order valence-electron chi connectivity index (χ4n) is 2.82. The van der Waals surface area contributed by atoms with E-state index >= 15 is 0 Å². The Morgan fingerprint density at radius 3 is 2.36 bits per heavy atom. The highest BCUT2D eigenvalue weighted by Gasteiger charge is 2.63. The first kappa shape index (κ1) is 20.2. The quantitative estimate of drug-likeness (QED) is 0.831. The van der Waals surface area contributed by atoms with Crippen molar-refractivity contribution in [2.75, 3.05) is 7.11 Å². The third kappa shape index (κ3) is 3.83. The van der Waals surface area contributed by atoms with E-state index in [1.807, 2.05) is 0 Å². The van der Waals surface area contributed by atoms with Gasteiger partial charge in [-0.1, -0.05) is 35.9 Å². The number of amides is 1. The molecule has 1 aliphatic rings. The van der Waals surface area contributed by atoms with Crippen molar-refractivity contribution < 1.29 is 27.8 Å². The van der Waals surface area contributed by atoms with Crippen LogP contribution < -0.4 is 4.74 Å². The number of aliphatic hydroxyl groups is 1. The summed E-state index contributed by atoms with van der Waals surface area (Å²) in [6.07, 6.45) is -6.31. The maximum atomic E-state index is 13.6. The van der Waals surface area contributed by atoms with Gasteiger partial charge in [0.15, 0.2) is 0 Å². The zero-order valence-corrected chi connectivity index (χ0v) is 15.5. The van der Waals surface area contributed by atoms with E-state index in [4.69, 9.17) is 16.3 Å². The molecule has 0 bridgehead atoms. The molecule has 1 N–H and O–H groups in total. The number of benzene rings is 2. The van der Waals surface area contributed by atoms with Crippen LogP contribution in [0, 0.1) is 0 Å². The van der Waals surface area contributed by atoms with E-state index in [0.29, 0.717) is 21.9 Å². The highest BCUT2D eigenvalue weighted by Crippen LogP contribution is 2.41. The highest BCUT2D eigenvalue weighted by molar-refractivity contribution is 6.30.